The van der Waals surface area contributed by atoms with Crippen LogP contribution in [0.4, 0.5) is 0 Å². The second-order valence-electron chi connectivity index (χ2n) is 2.50. The van der Waals surface area contributed by atoms with Gasteiger partial charge >= 0.3 is 0 Å². The van der Waals surface area contributed by atoms with Gasteiger partial charge in [-0.05, 0) is 6.42 Å². The molecular weight excluding hydrogens is 98.1 g/mol. The summed E-state index contributed by atoms with van der Waals surface area (Å²) < 4.78 is 2.11. The van der Waals surface area contributed by atoms with Crippen molar-refractivity contribution in [1.29, 1.82) is 0 Å². The number of hydrogen-bond acceptors (Lipinski definition) is 0. The van der Waals surface area contributed by atoms with Crippen LogP contribution < -0.4 is 0 Å². The fourth-order valence-electron chi connectivity index (χ4n) is 0.614. The van der Waals surface area contributed by atoms with Crippen molar-refractivity contribution in [2.45, 2.75) is 20.3 Å². The maximum absolute atomic E-state index is 2.22. The number of rotatable bonds is 2. The fourth-order valence-corrected chi connectivity index (χ4v) is 0.614. The van der Waals surface area contributed by atoms with Crippen LogP contribution in [0, 0.1) is 5.92 Å². The lowest BCUT2D eigenvalue weighted by atomic mass is 10.1. The van der Waals surface area contributed by atoms with Crippen molar-refractivity contribution >= 4 is 6.21 Å². The molecule has 0 N–H and O–H groups in total. The van der Waals surface area contributed by atoms with Crippen molar-refractivity contribution in [3.05, 3.63) is 0 Å². The minimum absolute atomic E-state index is 0.727. The van der Waals surface area contributed by atoms with Gasteiger partial charge in [-0.2, -0.15) is 0 Å². The molecule has 0 radical (unpaired) electrons. The summed E-state index contributed by atoms with van der Waals surface area (Å²) in [7, 11) is 4.12. The molecule has 0 fully saturated rings. The first-order valence-corrected chi connectivity index (χ1v) is 3.18. The molecule has 0 saturated heterocycles. The maximum atomic E-state index is 2.22. The Balaban J connectivity index is 3.51. The highest BCUT2D eigenvalue weighted by atomic mass is 14.9. The normalized spacial score (nSPS) is 13.0. The summed E-state index contributed by atoms with van der Waals surface area (Å²) in [6.07, 6.45) is 3.46. The quantitative estimate of drug-likeness (QED) is 0.377. The highest BCUT2D eigenvalue weighted by Crippen LogP contribution is 1.93. The third-order valence-electron chi connectivity index (χ3n) is 1.20. The molecule has 0 aromatic heterocycles. The van der Waals surface area contributed by atoms with E-state index in [0.717, 1.165) is 5.92 Å². The lowest BCUT2D eigenvalue weighted by Gasteiger charge is -1.94. The summed E-state index contributed by atoms with van der Waals surface area (Å²) in [5.74, 6) is 0.727. The molecule has 1 heteroatoms. The van der Waals surface area contributed by atoms with E-state index in [4.69, 9.17) is 0 Å². The van der Waals surface area contributed by atoms with Crippen LogP contribution in [0.25, 0.3) is 0 Å². The van der Waals surface area contributed by atoms with Gasteiger partial charge in [0, 0.05) is 5.92 Å². The summed E-state index contributed by atoms with van der Waals surface area (Å²) in [5, 5.41) is 0. The monoisotopic (exact) mass is 114 g/mol. The van der Waals surface area contributed by atoms with Gasteiger partial charge in [0.2, 0.25) is 0 Å². The Bertz CT molecular complexity index is 80.4. The van der Waals surface area contributed by atoms with E-state index in [9.17, 15) is 0 Å². The predicted octanol–water partition coefficient (Wildman–Crippen LogP) is 1.38. The van der Waals surface area contributed by atoms with Crippen molar-refractivity contribution in [1.82, 2.24) is 0 Å². The van der Waals surface area contributed by atoms with Crippen LogP contribution >= 0.6 is 0 Å². The van der Waals surface area contributed by atoms with Crippen molar-refractivity contribution in [2.75, 3.05) is 14.1 Å². The predicted molar refractivity (Wildman–Crippen MR) is 37.6 cm³/mol. The molecule has 1 unspecified atom stereocenters. The SMILES string of the molecule is CCC(C)C=[N+](C)C. The molecule has 0 spiro atoms. The Morgan fingerprint density at radius 1 is 1.50 bits per heavy atom. The van der Waals surface area contributed by atoms with Gasteiger partial charge in [0.15, 0.2) is 0 Å². The van der Waals surface area contributed by atoms with Gasteiger partial charge in [0.1, 0.15) is 20.3 Å². The Hall–Kier alpha value is -0.330. The van der Waals surface area contributed by atoms with Gasteiger partial charge < -0.3 is 0 Å². The van der Waals surface area contributed by atoms with Crippen LogP contribution in [-0.4, -0.2) is 24.9 Å². The van der Waals surface area contributed by atoms with E-state index in [0.29, 0.717) is 0 Å². The number of hydrogen-bond donors (Lipinski definition) is 0. The van der Waals surface area contributed by atoms with E-state index in [2.05, 4.69) is 38.7 Å². The third kappa shape index (κ3) is 3.85. The van der Waals surface area contributed by atoms with Crippen LogP contribution in [0.2, 0.25) is 0 Å². The summed E-state index contributed by atoms with van der Waals surface area (Å²) in [6, 6.07) is 0. The average Bonchev–Trinajstić information content (AvgIpc) is 1.65. The standard InChI is InChI=1S/C7H16N/c1-5-7(2)6-8(3)4/h6-7H,5H2,1-4H3/q+1. The van der Waals surface area contributed by atoms with E-state index in [1.165, 1.54) is 6.42 Å². The molecule has 0 rings (SSSR count). The highest BCUT2D eigenvalue weighted by molar-refractivity contribution is 5.53. The lowest BCUT2D eigenvalue weighted by molar-refractivity contribution is -0.461. The molecule has 0 saturated carbocycles. The summed E-state index contributed by atoms with van der Waals surface area (Å²) >= 11 is 0. The van der Waals surface area contributed by atoms with E-state index in [-0.39, 0.29) is 0 Å². The van der Waals surface area contributed by atoms with Crippen molar-refractivity contribution in [3.63, 3.8) is 0 Å². The summed E-state index contributed by atoms with van der Waals surface area (Å²) in [4.78, 5) is 0. The fraction of sp³-hybridized carbons (Fsp3) is 0.857. The van der Waals surface area contributed by atoms with Gasteiger partial charge in [-0.1, -0.05) is 13.8 Å². The second-order valence-corrected chi connectivity index (χ2v) is 2.50. The third-order valence-corrected chi connectivity index (χ3v) is 1.20. The molecule has 0 aliphatic carbocycles. The molecule has 0 aliphatic rings. The van der Waals surface area contributed by atoms with Crippen molar-refractivity contribution in [3.8, 4) is 0 Å². The zero-order chi connectivity index (χ0) is 6.57. The van der Waals surface area contributed by atoms with Gasteiger partial charge in [0.05, 0.1) is 0 Å². The van der Waals surface area contributed by atoms with E-state index < -0.39 is 0 Å². The molecule has 0 bridgehead atoms. The molecular formula is C7H16N+. The lowest BCUT2D eigenvalue weighted by Crippen LogP contribution is -2.05. The topological polar surface area (TPSA) is 3.01 Å². The molecule has 1 atom stereocenters. The van der Waals surface area contributed by atoms with Crippen LogP contribution in [0.5, 0.6) is 0 Å². The Morgan fingerprint density at radius 2 is 2.00 bits per heavy atom. The molecule has 0 aromatic rings. The van der Waals surface area contributed by atoms with Crippen molar-refractivity contribution < 1.29 is 4.58 Å². The first kappa shape index (κ1) is 7.67. The summed E-state index contributed by atoms with van der Waals surface area (Å²) in [5.41, 5.74) is 0. The zero-order valence-corrected chi connectivity index (χ0v) is 6.31. The Kier molecular flexibility index (Phi) is 3.49. The molecule has 0 aromatic carbocycles. The largest absolute Gasteiger partial charge is 0.245 e. The average molecular weight is 114 g/mol. The minimum atomic E-state index is 0.727. The van der Waals surface area contributed by atoms with Crippen LogP contribution in [-0.2, 0) is 0 Å². The van der Waals surface area contributed by atoms with E-state index in [1.54, 1.807) is 0 Å². The van der Waals surface area contributed by atoms with Gasteiger partial charge in [-0.25, -0.2) is 4.58 Å². The Morgan fingerprint density at radius 3 is 2.12 bits per heavy atom. The van der Waals surface area contributed by atoms with Crippen LogP contribution in [0.3, 0.4) is 0 Å². The molecule has 48 valence electrons. The number of nitrogens with zero attached hydrogens (tertiary/aromatic N) is 1. The molecule has 1 nitrogen and oxygen atoms in total. The summed E-state index contributed by atoms with van der Waals surface area (Å²) in [6.45, 7) is 4.42. The molecule has 0 amide bonds. The second kappa shape index (κ2) is 3.65. The molecule has 0 heterocycles. The van der Waals surface area contributed by atoms with Gasteiger partial charge in [-0.3, -0.25) is 0 Å². The smallest absolute Gasteiger partial charge is 0.141 e. The van der Waals surface area contributed by atoms with E-state index >= 15 is 0 Å². The minimum Gasteiger partial charge on any atom is -0.245 e. The van der Waals surface area contributed by atoms with Crippen LogP contribution in [0.15, 0.2) is 0 Å². The van der Waals surface area contributed by atoms with Gasteiger partial charge in [-0.15, -0.1) is 0 Å². The van der Waals surface area contributed by atoms with Gasteiger partial charge in [0.25, 0.3) is 0 Å². The highest BCUT2D eigenvalue weighted by Gasteiger charge is 1.95. The van der Waals surface area contributed by atoms with Crippen LogP contribution in [0.1, 0.15) is 20.3 Å². The first-order chi connectivity index (χ1) is 3.66. The van der Waals surface area contributed by atoms with Crippen molar-refractivity contribution in [2.24, 2.45) is 5.92 Å². The zero-order valence-electron chi connectivity index (χ0n) is 6.31. The first-order valence-electron chi connectivity index (χ1n) is 3.18. The van der Waals surface area contributed by atoms with E-state index in [1.807, 2.05) is 0 Å². The Labute approximate surface area is 52.0 Å². The molecule has 8 heavy (non-hydrogen) atoms. The maximum Gasteiger partial charge on any atom is 0.141 e. The molecule has 0 aliphatic heterocycles.